The summed E-state index contributed by atoms with van der Waals surface area (Å²) in [6, 6.07) is 30.5. The van der Waals surface area contributed by atoms with Crippen LogP contribution in [0.15, 0.2) is 84.9 Å². The second-order valence-corrected chi connectivity index (χ2v) is 6.14. The number of hydrogen-bond acceptors (Lipinski definition) is 1. The number of benzene rings is 3. The highest BCUT2D eigenvalue weighted by molar-refractivity contribution is 5.40. The van der Waals surface area contributed by atoms with Gasteiger partial charge in [0.1, 0.15) is 0 Å². The maximum atomic E-state index is 2.29. The summed E-state index contributed by atoms with van der Waals surface area (Å²) in [5, 5.41) is 0. The second kappa shape index (κ2) is 7.26. The molecule has 0 amide bonds. The Morgan fingerprint density at radius 1 is 0.696 bits per heavy atom. The molecule has 0 N–H and O–H groups in total. The first-order valence-corrected chi connectivity index (χ1v) is 8.09. The van der Waals surface area contributed by atoms with Crippen LogP contribution in [0.2, 0.25) is 0 Å². The molecule has 0 spiro atoms. The molecule has 3 aromatic carbocycles. The SMILES string of the molecule is CN(C)C(c1ccccc1)c1ccccc1Cc1ccccc1. The third-order valence-electron chi connectivity index (χ3n) is 4.22. The summed E-state index contributed by atoms with van der Waals surface area (Å²) in [6.45, 7) is 0. The summed E-state index contributed by atoms with van der Waals surface area (Å²) in [6.07, 6.45) is 0.966. The lowest BCUT2D eigenvalue weighted by molar-refractivity contribution is 0.341. The van der Waals surface area contributed by atoms with Crippen LogP contribution >= 0.6 is 0 Å². The van der Waals surface area contributed by atoms with Crippen LogP contribution in [-0.2, 0) is 6.42 Å². The molecule has 23 heavy (non-hydrogen) atoms. The van der Waals surface area contributed by atoms with Gasteiger partial charge in [-0.15, -0.1) is 0 Å². The van der Waals surface area contributed by atoms with E-state index in [9.17, 15) is 0 Å². The molecule has 0 fully saturated rings. The fourth-order valence-electron chi connectivity index (χ4n) is 3.17. The molecule has 0 saturated heterocycles. The molecule has 0 radical (unpaired) electrons. The van der Waals surface area contributed by atoms with Gasteiger partial charge in [0.05, 0.1) is 6.04 Å². The van der Waals surface area contributed by atoms with Crippen LogP contribution in [0.25, 0.3) is 0 Å². The van der Waals surface area contributed by atoms with Crippen molar-refractivity contribution in [1.29, 1.82) is 0 Å². The topological polar surface area (TPSA) is 3.24 Å². The Balaban J connectivity index is 2.01. The van der Waals surface area contributed by atoms with Gasteiger partial charge < -0.3 is 0 Å². The lowest BCUT2D eigenvalue weighted by atomic mass is 9.91. The van der Waals surface area contributed by atoms with Gasteiger partial charge in [-0.3, -0.25) is 4.90 Å². The Morgan fingerprint density at radius 3 is 1.91 bits per heavy atom. The fourth-order valence-corrected chi connectivity index (χ4v) is 3.17. The van der Waals surface area contributed by atoms with E-state index < -0.39 is 0 Å². The quantitative estimate of drug-likeness (QED) is 0.646. The molecule has 0 aliphatic carbocycles. The first-order valence-electron chi connectivity index (χ1n) is 8.09. The molecular weight excluding hydrogens is 278 g/mol. The molecule has 0 saturated carbocycles. The van der Waals surface area contributed by atoms with Crippen LogP contribution in [-0.4, -0.2) is 19.0 Å². The summed E-state index contributed by atoms with van der Waals surface area (Å²) < 4.78 is 0. The molecule has 116 valence electrons. The minimum atomic E-state index is 0.274. The largest absolute Gasteiger partial charge is 0.299 e. The molecule has 0 bridgehead atoms. The van der Waals surface area contributed by atoms with E-state index in [0.29, 0.717) is 0 Å². The van der Waals surface area contributed by atoms with Gasteiger partial charge >= 0.3 is 0 Å². The highest BCUT2D eigenvalue weighted by atomic mass is 15.1. The monoisotopic (exact) mass is 301 g/mol. The van der Waals surface area contributed by atoms with Crippen LogP contribution in [0.1, 0.15) is 28.3 Å². The smallest absolute Gasteiger partial charge is 0.0599 e. The zero-order valence-corrected chi connectivity index (χ0v) is 13.8. The van der Waals surface area contributed by atoms with Gasteiger partial charge in [0.25, 0.3) is 0 Å². The van der Waals surface area contributed by atoms with E-state index in [1.54, 1.807) is 0 Å². The molecule has 0 aliphatic heterocycles. The summed E-state index contributed by atoms with van der Waals surface area (Å²) in [4.78, 5) is 2.29. The van der Waals surface area contributed by atoms with Crippen molar-refractivity contribution < 1.29 is 0 Å². The van der Waals surface area contributed by atoms with Gasteiger partial charge in [-0.2, -0.15) is 0 Å². The predicted molar refractivity (Wildman–Crippen MR) is 97.7 cm³/mol. The summed E-state index contributed by atoms with van der Waals surface area (Å²) in [5.74, 6) is 0. The first-order chi connectivity index (χ1) is 11.3. The van der Waals surface area contributed by atoms with E-state index in [0.717, 1.165) is 6.42 Å². The zero-order chi connectivity index (χ0) is 16.1. The molecule has 1 atom stereocenters. The van der Waals surface area contributed by atoms with Crippen LogP contribution in [0.5, 0.6) is 0 Å². The summed E-state index contributed by atoms with van der Waals surface area (Å²) >= 11 is 0. The van der Waals surface area contributed by atoms with Crippen molar-refractivity contribution in [2.45, 2.75) is 12.5 Å². The molecule has 0 aromatic heterocycles. The van der Waals surface area contributed by atoms with E-state index in [-0.39, 0.29) is 6.04 Å². The van der Waals surface area contributed by atoms with Crippen molar-refractivity contribution in [3.05, 3.63) is 107 Å². The average molecular weight is 301 g/mol. The molecule has 3 rings (SSSR count). The average Bonchev–Trinajstić information content (AvgIpc) is 2.58. The van der Waals surface area contributed by atoms with E-state index in [1.807, 2.05) is 0 Å². The summed E-state index contributed by atoms with van der Waals surface area (Å²) in [7, 11) is 4.30. The van der Waals surface area contributed by atoms with Gasteiger partial charge in [0.15, 0.2) is 0 Å². The predicted octanol–water partition coefficient (Wildman–Crippen LogP) is 4.93. The lowest BCUT2D eigenvalue weighted by Crippen LogP contribution is -2.22. The Morgan fingerprint density at radius 2 is 1.26 bits per heavy atom. The van der Waals surface area contributed by atoms with E-state index in [4.69, 9.17) is 0 Å². The normalized spacial score (nSPS) is 12.3. The molecule has 3 aromatic rings. The highest BCUT2D eigenvalue weighted by Crippen LogP contribution is 2.30. The number of hydrogen-bond donors (Lipinski definition) is 0. The molecule has 0 heterocycles. The van der Waals surface area contributed by atoms with Gasteiger partial charge in [-0.1, -0.05) is 84.9 Å². The van der Waals surface area contributed by atoms with E-state index in [2.05, 4.69) is 104 Å². The molecule has 1 nitrogen and oxygen atoms in total. The van der Waals surface area contributed by atoms with Crippen molar-refractivity contribution >= 4 is 0 Å². The Bertz CT molecular complexity index is 732. The first kappa shape index (κ1) is 15.5. The van der Waals surface area contributed by atoms with Crippen molar-refractivity contribution in [2.75, 3.05) is 14.1 Å². The minimum absolute atomic E-state index is 0.274. The third kappa shape index (κ3) is 3.69. The zero-order valence-electron chi connectivity index (χ0n) is 13.8. The number of nitrogens with zero attached hydrogens (tertiary/aromatic N) is 1. The van der Waals surface area contributed by atoms with Crippen LogP contribution < -0.4 is 0 Å². The summed E-state index contributed by atoms with van der Waals surface area (Å²) in [5.41, 5.74) is 5.46. The van der Waals surface area contributed by atoms with E-state index >= 15 is 0 Å². The maximum Gasteiger partial charge on any atom is 0.0599 e. The van der Waals surface area contributed by atoms with Crippen molar-refractivity contribution in [3.8, 4) is 0 Å². The Hall–Kier alpha value is -2.38. The van der Waals surface area contributed by atoms with Crippen molar-refractivity contribution in [1.82, 2.24) is 4.90 Å². The second-order valence-electron chi connectivity index (χ2n) is 6.14. The van der Waals surface area contributed by atoms with Gasteiger partial charge in [-0.25, -0.2) is 0 Å². The molecular formula is C22H23N. The van der Waals surface area contributed by atoms with Crippen LogP contribution in [0, 0.1) is 0 Å². The molecule has 1 heteroatoms. The molecule has 0 aliphatic rings. The third-order valence-corrected chi connectivity index (χ3v) is 4.22. The molecule has 1 unspecified atom stereocenters. The fraction of sp³-hybridized carbons (Fsp3) is 0.182. The van der Waals surface area contributed by atoms with Crippen LogP contribution in [0.4, 0.5) is 0 Å². The maximum absolute atomic E-state index is 2.29. The van der Waals surface area contributed by atoms with Crippen molar-refractivity contribution in [2.24, 2.45) is 0 Å². The van der Waals surface area contributed by atoms with E-state index in [1.165, 1.54) is 22.3 Å². The van der Waals surface area contributed by atoms with Crippen molar-refractivity contribution in [3.63, 3.8) is 0 Å². The number of rotatable bonds is 5. The Labute approximate surface area is 139 Å². The standard InChI is InChI=1S/C22H23N/c1-23(2)22(19-13-7-4-8-14-19)21-16-10-9-15-20(21)17-18-11-5-3-6-12-18/h3-16,22H,17H2,1-2H3. The minimum Gasteiger partial charge on any atom is -0.299 e. The van der Waals surface area contributed by atoms with Crippen LogP contribution in [0.3, 0.4) is 0 Å². The highest BCUT2D eigenvalue weighted by Gasteiger charge is 2.19. The lowest BCUT2D eigenvalue weighted by Gasteiger charge is -2.27. The van der Waals surface area contributed by atoms with Gasteiger partial charge in [0.2, 0.25) is 0 Å². The van der Waals surface area contributed by atoms with Gasteiger partial charge in [0, 0.05) is 0 Å². The van der Waals surface area contributed by atoms with Gasteiger partial charge in [-0.05, 0) is 42.8 Å². The Kier molecular flexibility index (Phi) is 4.89.